The highest BCUT2D eigenvalue weighted by atomic mass is 14.9. The highest BCUT2D eigenvalue weighted by molar-refractivity contribution is 5.20. The molecule has 2 atom stereocenters. The zero-order valence-electron chi connectivity index (χ0n) is 11.0. The molecule has 0 amide bonds. The van der Waals surface area contributed by atoms with Gasteiger partial charge in [-0.1, -0.05) is 20.8 Å². The van der Waals surface area contributed by atoms with Crippen LogP contribution >= 0.6 is 0 Å². The van der Waals surface area contributed by atoms with Gasteiger partial charge >= 0.3 is 0 Å². The van der Waals surface area contributed by atoms with E-state index in [2.05, 4.69) is 49.9 Å². The molecule has 0 aliphatic rings. The summed E-state index contributed by atoms with van der Waals surface area (Å²) in [5.74, 6) is 1.41. The molecule has 0 spiro atoms. The van der Waals surface area contributed by atoms with Crippen LogP contribution in [0.2, 0.25) is 0 Å². The molecule has 0 aliphatic carbocycles. The van der Waals surface area contributed by atoms with E-state index < -0.39 is 0 Å². The summed E-state index contributed by atoms with van der Waals surface area (Å²) in [6.07, 6.45) is 3.05. The van der Waals surface area contributed by atoms with E-state index in [0.717, 1.165) is 24.5 Å². The first-order valence-electron chi connectivity index (χ1n) is 6.16. The predicted octanol–water partition coefficient (Wildman–Crippen LogP) is 2.97. The van der Waals surface area contributed by atoms with E-state index in [0.29, 0.717) is 12.0 Å². The zero-order valence-corrected chi connectivity index (χ0v) is 11.0. The summed E-state index contributed by atoms with van der Waals surface area (Å²) in [7, 11) is 0. The van der Waals surface area contributed by atoms with Crippen molar-refractivity contribution in [2.75, 3.05) is 6.54 Å². The Balaban J connectivity index is 2.91. The molecule has 0 fully saturated rings. The molecule has 1 heterocycles. The fraction of sp³-hybridized carbons (Fsp3) is 0.692. The molecule has 0 saturated heterocycles. The standard InChI is InChI=1S/C13H23N3/c1-6-9(3)13-15-8-12(11(5)16-13)10(4)14-7-2/h8-10,14H,6-7H2,1-5H3. The fourth-order valence-corrected chi connectivity index (χ4v) is 1.76. The van der Waals surface area contributed by atoms with Crippen LogP contribution in [0.15, 0.2) is 6.20 Å². The number of aromatic nitrogens is 2. The molecule has 0 aliphatic heterocycles. The van der Waals surface area contributed by atoms with E-state index in [9.17, 15) is 0 Å². The Morgan fingerprint density at radius 2 is 2.00 bits per heavy atom. The van der Waals surface area contributed by atoms with Crippen molar-refractivity contribution in [1.29, 1.82) is 0 Å². The second-order valence-electron chi connectivity index (χ2n) is 4.36. The topological polar surface area (TPSA) is 37.8 Å². The molecule has 16 heavy (non-hydrogen) atoms. The maximum Gasteiger partial charge on any atom is 0.131 e. The van der Waals surface area contributed by atoms with Crippen LogP contribution < -0.4 is 5.32 Å². The molecule has 0 aromatic carbocycles. The van der Waals surface area contributed by atoms with Gasteiger partial charge in [0.2, 0.25) is 0 Å². The molecule has 1 aromatic heterocycles. The number of rotatable bonds is 5. The summed E-state index contributed by atoms with van der Waals surface area (Å²) >= 11 is 0. The smallest absolute Gasteiger partial charge is 0.131 e. The van der Waals surface area contributed by atoms with E-state index in [1.165, 1.54) is 5.56 Å². The Kier molecular flexibility index (Phi) is 4.87. The molecule has 3 nitrogen and oxygen atoms in total. The van der Waals surface area contributed by atoms with E-state index in [-0.39, 0.29) is 0 Å². The minimum atomic E-state index is 0.330. The lowest BCUT2D eigenvalue weighted by molar-refractivity contribution is 0.583. The fourth-order valence-electron chi connectivity index (χ4n) is 1.76. The molecular formula is C13H23N3. The van der Waals surface area contributed by atoms with Gasteiger partial charge < -0.3 is 5.32 Å². The Hall–Kier alpha value is -0.960. The normalized spacial score (nSPS) is 14.8. The van der Waals surface area contributed by atoms with Gasteiger partial charge in [0.25, 0.3) is 0 Å². The number of nitrogens with zero attached hydrogens (tertiary/aromatic N) is 2. The van der Waals surface area contributed by atoms with Gasteiger partial charge in [0.05, 0.1) is 0 Å². The molecule has 1 rings (SSSR count). The van der Waals surface area contributed by atoms with Gasteiger partial charge in [-0.3, -0.25) is 0 Å². The first-order valence-corrected chi connectivity index (χ1v) is 6.16. The van der Waals surface area contributed by atoms with Crippen molar-refractivity contribution in [3.05, 3.63) is 23.3 Å². The van der Waals surface area contributed by atoms with E-state index >= 15 is 0 Å². The maximum absolute atomic E-state index is 4.60. The SMILES string of the molecule is CCNC(C)c1cnc(C(C)CC)nc1C. The first-order chi connectivity index (χ1) is 7.60. The quantitative estimate of drug-likeness (QED) is 0.830. The van der Waals surface area contributed by atoms with Crippen molar-refractivity contribution in [2.24, 2.45) is 0 Å². The van der Waals surface area contributed by atoms with Crippen LogP contribution in [0, 0.1) is 6.92 Å². The van der Waals surface area contributed by atoms with Crippen LogP contribution in [-0.4, -0.2) is 16.5 Å². The summed E-state index contributed by atoms with van der Waals surface area (Å²) in [5.41, 5.74) is 2.30. The lowest BCUT2D eigenvalue weighted by Crippen LogP contribution is -2.19. The minimum Gasteiger partial charge on any atom is -0.310 e. The van der Waals surface area contributed by atoms with Crippen LogP contribution in [0.4, 0.5) is 0 Å². The molecule has 0 bridgehead atoms. The number of nitrogens with one attached hydrogen (secondary N) is 1. The lowest BCUT2D eigenvalue weighted by Gasteiger charge is -2.16. The van der Waals surface area contributed by atoms with Gasteiger partial charge in [-0.05, 0) is 26.8 Å². The second kappa shape index (κ2) is 5.94. The molecular weight excluding hydrogens is 198 g/mol. The average molecular weight is 221 g/mol. The van der Waals surface area contributed by atoms with E-state index in [1.807, 2.05) is 6.20 Å². The molecule has 90 valence electrons. The van der Waals surface area contributed by atoms with Crippen LogP contribution in [0.1, 0.15) is 63.2 Å². The Morgan fingerprint density at radius 1 is 1.31 bits per heavy atom. The van der Waals surface area contributed by atoms with Gasteiger partial charge in [-0.15, -0.1) is 0 Å². The van der Waals surface area contributed by atoms with Gasteiger partial charge in [0, 0.05) is 29.4 Å². The zero-order chi connectivity index (χ0) is 12.1. The first kappa shape index (κ1) is 13.1. The van der Waals surface area contributed by atoms with Crippen molar-refractivity contribution in [3.8, 4) is 0 Å². The Morgan fingerprint density at radius 3 is 2.50 bits per heavy atom. The largest absolute Gasteiger partial charge is 0.310 e. The highest BCUT2D eigenvalue weighted by Gasteiger charge is 2.12. The van der Waals surface area contributed by atoms with Crippen LogP contribution in [0.5, 0.6) is 0 Å². The summed E-state index contributed by atoms with van der Waals surface area (Å²) in [6.45, 7) is 11.6. The molecule has 0 saturated carbocycles. The van der Waals surface area contributed by atoms with Crippen LogP contribution in [0.25, 0.3) is 0 Å². The van der Waals surface area contributed by atoms with Crippen LogP contribution in [-0.2, 0) is 0 Å². The molecule has 0 radical (unpaired) electrons. The third-order valence-corrected chi connectivity index (χ3v) is 3.07. The lowest BCUT2D eigenvalue weighted by atomic mass is 10.1. The van der Waals surface area contributed by atoms with Crippen LogP contribution in [0.3, 0.4) is 0 Å². The van der Waals surface area contributed by atoms with Gasteiger partial charge in [0.15, 0.2) is 0 Å². The summed E-state index contributed by atoms with van der Waals surface area (Å²) in [5, 5.41) is 3.39. The summed E-state index contributed by atoms with van der Waals surface area (Å²) in [4.78, 5) is 9.06. The minimum absolute atomic E-state index is 0.330. The third kappa shape index (κ3) is 3.01. The van der Waals surface area contributed by atoms with E-state index in [1.54, 1.807) is 0 Å². The van der Waals surface area contributed by atoms with Crippen molar-refractivity contribution >= 4 is 0 Å². The van der Waals surface area contributed by atoms with Gasteiger partial charge in [0.1, 0.15) is 5.82 Å². The van der Waals surface area contributed by atoms with E-state index in [4.69, 9.17) is 0 Å². The van der Waals surface area contributed by atoms with Crippen molar-refractivity contribution in [2.45, 2.75) is 53.0 Å². The van der Waals surface area contributed by atoms with Crippen molar-refractivity contribution < 1.29 is 0 Å². The molecule has 3 heteroatoms. The third-order valence-electron chi connectivity index (χ3n) is 3.07. The molecule has 2 unspecified atom stereocenters. The monoisotopic (exact) mass is 221 g/mol. The molecule has 1 N–H and O–H groups in total. The summed E-state index contributed by atoms with van der Waals surface area (Å²) < 4.78 is 0. The maximum atomic E-state index is 4.60. The summed E-state index contributed by atoms with van der Waals surface area (Å²) in [6, 6.07) is 0.330. The van der Waals surface area contributed by atoms with Crippen molar-refractivity contribution in [1.82, 2.24) is 15.3 Å². The number of hydrogen-bond acceptors (Lipinski definition) is 3. The van der Waals surface area contributed by atoms with Gasteiger partial charge in [-0.25, -0.2) is 9.97 Å². The predicted molar refractivity (Wildman–Crippen MR) is 67.6 cm³/mol. The second-order valence-corrected chi connectivity index (χ2v) is 4.36. The average Bonchev–Trinajstić information content (AvgIpc) is 2.28. The number of hydrogen-bond donors (Lipinski definition) is 1. The Bertz CT molecular complexity index is 336. The van der Waals surface area contributed by atoms with Crippen molar-refractivity contribution in [3.63, 3.8) is 0 Å². The highest BCUT2D eigenvalue weighted by Crippen LogP contribution is 2.19. The van der Waals surface area contributed by atoms with Gasteiger partial charge in [-0.2, -0.15) is 0 Å². The Labute approximate surface area is 98.7 Å². The molecule has 1 aromatic rings. The number of aryl methyl sites for hydroxylation is 1.